The van der Waals surface area contributed by atoms with Gasteiger partial charge in [0, 0.05) is 29.9 Å². The Balaban J connectivity index is 1.83. The molecule has 3 nitrogen and oxygen atoms in total. The lowest BCUT2D eigenvalue weighted by Crippen LogP contribution is -2.37. The number of ether oxygens (including phenoxy) is 1. The van der Waals surface area contributed by atoms with Gasteiger partial charge in [0.25, 0.3) is 0 Å². The second-order valence-electron chi connectivity index (χ2n) is 7.00. The summed E-state index contributed by atoms with van der Waals surface area (Å²) in [6.07, 6.45) is -2.43. The molecule has 27 heavy (non-hydrogen) atoms. The molecule has 0 spiro atoms. The minimum atomic E-state index is -4.42. The zero-order valence-electron chi connectivity index (χ0n) is 15.0. The fourth-order valence-corrected chi connectivity index (χ4v) is 4.29. The molecule has 7 heteroatoms. The standard InChI is InChI=1S/C20H22F3NO2S/c1-19(17-8-4-10-27-17,12-18(25)24-13-16-7-3-9-26-16)14-5-2-6-15(11-14)20(21,22)23/h2,4-6,8,10-11,16H,3,7,9,12-13H2,1H3,(H,24,25)/t16-,19-/m0/s1. The third kappa shape index (κ3) is 4.71. The van der Waals surface area contributed by atoms with Crippen molar-refractivity contribution in [3.63, 3.8) is 0 Å². The van der Waals surface area contributed by atoms with Gasteiger partial charge in [-0.2, -0.15) is 13.2 Å². The number of halogens is 3. The van der Waals surface area contributed by atoms with Gasteiger partial charge in [-0.25, -0.2) is 0 Å². The van der Waals surface area contributed by atoms with Crippen LogP contribution in [0.2, 0.25) is 0 Å². The monoisotopic (exact) mass is 397 g/mol. The maximum Gasteiger partial charge on any atom is 0.416 e. The van der Waals surface area contributed by atoms with Gasteiger partial charge in [-0.05, 0) is 35.9 Å². The lowest BCUT2D eigenvalue weighted by Gasteiger charge is -2.29. The third-order valence-electron chi connectivity index (χ3n) is 4.96. The highest BCUT2D eigenvalue weighted by Gasteiger charge is 2.36. The van der Waals surface area contributed by atoms with Crippen molar-refractivity contribution >= 4 is 17.2 Å². The fraction of sp³-hybridized carbons (Fsp3) is 0.450. The highest BCUT2D eigenvalue weighted by Crippen LogP contribution is 2.40. The molecule has 0 radical (unpaired) electrons. The fourth-order valence-electron chi connectivity index (χ4n) is 3.38. The Morgan fingerprint density at radius 1 is 1.26 bits per heavy atom. The van der Waals surface area contributed by atoms with Crippen molar-refractivity contribution in [1.82, 2.24) is 5.32 Å². The summed E-state index contributed by atoms with van der Waals surface area (Å²) in [7, 11) is 0. The predicted octanol–water partition coefficient (Wildman–Crippen LogP) is 4.76. The average molecular weight is 397 g/mol. The first-order chi connectivity index (χ1) is 12.8. The van der Waals surface area contributed by atoms with Crippen LogP contribution in [0.15, 0.2) is 41.8 Å². The molecule has 146 valence electrons. The van der Waals surface area contributed by atoms with Crippen molar-refractivity contribution in [2.45, 2.75) is 43.9 Å². The molecule has 0 unspecified atom stereocenters. The summed E-state index contributed by atoms with van der Waals surface area (Å²) >= 11 is 1.44. The van der Waals surface area contributed by atoms with Gasteiger partial charge in [0.2, 0.25) is 5.91 Å². The van der Waals surface area contributed by atoms with Crippen LogP contribution in [0.5, 0.6) is 0 Å². The molecule has 2 aromatic rings. The summed E-state index contributed by atoms with van der Waals surface area (Å²) in [5.41, 5.74) is -1.06. The summed E-state index contributed by atoms with van der Waals surface area (Å²) < 4.78 is 45.0. The lowest BCUT2D eigenvalue weighted by atomic mass is 9.77. The van der Waals surface area contributed by atoms with Crippen LogP contribution in [0, 0.1) is 0 Å². The SMILES string of the molecule is C[C@](CC(=O)NC[C@@H]1CCCO1)(c1cccc(C(F)(F)F)c1)c1cccs1. The Hall–Kier alpha value is -1.86. The summed E-state index contributed by atoms with van der Waals surface area (Å²) in [4.78, 5) is 13.4. The number of amides is 1. The molecule has 1 aliphatic heterocycles. The van der Waals surface area contributed by atoms with Gasteiger partial charge < -0.3 is 10.1 Å². The summed E-state index contributed by atoms with van der Waals surface area (Å²) in [6, 6.07) is 8.95. The first-order valence-electron chi connectivity index (χ1n) is 8.89. The van der Waals surface area contributed by atoms with Gasteiger partial charge in [-0.3, -0.25) is 4.79 Å². The third-order valence-corrected chi connectivity index (χ3v) is 6.09. The van der Waals surface area contributed by atoms with Gasteiger partial charge in [0.1, 0.15) is 0 Å². The first kappa shape index (κ1) is 19.9. The van der Waals surface area contributed by atoms with Crippen molar-refractivity contribution in [3.05, 3.63) is 57.8 Å². The number of hydrogen-bond acceptors (Lipinski definition) is 3. The lowest BCUT2D eigenvalue weighted by molar-refractivity contribution is -0.137. The Kier molecular flexibility index (Phi) is 5.91. The molecule has 2 heterocycles. The largest absolute Gasteiger partial charge is 0.416 e. The number of thiophene rings is 1. The number of benzene rings is 1. The van der Waals surface area contributed by atoms with Crippen LogP contribution in [0.25, 0.3) is 0 Å². The van der Waals surface area contributed by atoms with E-state index in [1.165, 1.54) is 17.4 Å². The van der Waals surface area contributed by atoms with Gasteiger partial charge in [-0.15, -0.1) is 11.3 Å². The van der Waals surface area contributed by atoms with E-state index in [2.05, 4.69) is 5.32 Å². The highest BCUT2D eigenvalue weighted by molar-refractivity contribution is 7.10. The molecule has 2 atom stereocenters. The maximum absolute atomic E-state index is 13.2. The molecule has 0 bridgehead atoms. The van der Waals surface area contributed by atoms with Crippen molar-refractivity contribution in [2.75, 3.05) is 13.2 Å². The zero-order valence-corrected chi connectivity index (χ0v) is 15.8. The van der Waals surface area contributed by atoms with Crippen molar-refractivity contribution < 1.29 is 22.7 Å². The van der Waals surface area contributed by atoms with Crippen LogP contribution in [0.1, 0.15) is 42.2 Å². The predicted molar refractivity (Wildman–Crippen MR) is 98.8 cm³/mol. The van der Waals surface area contributed by atoms with E-state index in [1.54, 1.807) is 6.07 Å². The smallest absolute Gasteiger partial charge is 0.376 e. The topological polar surface area (TPSA) is 38.3 Å². The van der Waals surface area contributed by atoms with E-state index >= 15 is 0 Å². The molecule has 0 saturated carbocycles. The van der Waals surface area contributed by atoms with Crippen LogP contribution < -0.4 is 5.32 Å². The summed E-state index contributed by atoms with van der Waals surface area (Å²) in [6.45, 7) is 2.96. The zero-order chi connectivity index (χ0) is 19.5. The Bertz CT molecular complexity index is 770. The first-order valence-corrected chi connectivity index (χ1v) is 9.77. The second-order valence-corrected chi connectivity index (χ2v) is 7.95. The number of carbonyl (C=O) groups excluding carboxylic acids is 1. The number of nitrogens with one attached hydrogen (secondary N) is 1. The van der Waals surface area contributed by atoms with E-state index in [-0.39, 0.29) is 18.4 Å². The molecule has 3 rings (SSSR count). The van der Waals surface area contributed by atoms with E-state index in [1.807, 2.05) is 24.4 Å². The number of alkyl halides is 3. The molecular weight excluding hydrogens is 375 g/mol. The number of rotatable bonds is 6. The maximum atomic E-state index is 13.2. The van der Waals surface area contributed by atoms with Gasteiger partial charge in [0.05, 0.1) is 11.7 Å². The molecule has 1 saturated heterocycles. The van der Waals surface area contributed by atoms with Crippen LogP contribution in [-0.2, 0) is 21.1 Å². The molecule has 1 aliphatic rings. The summed E-state index contributed by atoms with van der Waals surface area (Å²) in [5.74, 6) is -0.196. The Labute approximate surface area is 160 Å². The quantitative estimate of drug-likeness (QED) is 0.763. The van der Waals surface area contributed by atoms with Crippen LogP contribution >= 0.6 is 11.3 Å². The van der Waals surface area contributed by atoms with Gasteiger partial charge in [-0.1, -0.05) is 31.2 Å². The molecular formula is C20H22F3NO2S. The molecule has 1 fully saturated rings. The van der Waals surface area contributed by atoms with Crippen molar-refractivity contribution in [3.8, 4) is 0 Å². The normalized spacial score (nSPS) is 19.6. The van der Waals surface area contributed by atoms with E-state index in [4.69, 9.17) is 4.74 Å². The van der Waals surface area contributed by atoms with Crippen molar-refractivity contribution in [2.24, 2.45) is 0 Å². The minimum absolute atomic E-state index is 0.0236. The van der Waals surface area contributed by atoms with E-state index in [0.29, 0.717) is 18.7 Å². The van der Waals surface area contributed by atoms with E-state index in [9.17, 15) is 18.0 Å². The second kappa shape index (κ2) is 8.02. The molecule has 0 aliphatic carbocycles. The molecule has 1 N–H and O–H groups in total. The Morgan fingerprint density at radius 3 is 2.67 bits per heavy atom. The number of hydrogen-bond donors (Lipinski definition) is 1. The summed E-state index contributed by atoms with van der Waals surface area (Å²) in [5, 5.41) is 4.74. The average Bonchev–Trinajstić information content (AvgIpc) is 3.33. The molecule has 1 aromatic carbocycles. The molecule has 1 aromatic heterocycles. The molecule has 1 amide bonds. The van der Waals surface area contributed by atoms with Crippen LogP contribution in [-0.4, -0.2) is 25.2 Å². The highest BCUT2D eigenvalue weighted by atomic mass is 32.1. The number of carbonyl (C=O) groups is 1. The van der Waals surface area contributed by atoms with Crippen LogP contribution in [0.4, 0.5) is 13.2 Å². The van der Waals surface area contributed by atoms with Crippen molar-refractivity contribution in [1.29, 1.82) is 0 Å². The van der Waals surface area contributed by atoms with E-state index < -0.39 is 17.2 Å². The van der Waals surface area contributed by atoms with Gasteiger partial charge in [0.15, 0.2) is 0 Å². The van der Waals surface area contributed by atoms with Gasteiger partial charge >= 0.3 is 6.18 Å². The van der Waals surface area contributed by atoms with Crippen LogP contribution in [0.3, 0.4) is 0 Å². The Morgan fingerprint density at radius 2 is 2.04 bits per heavy atom. The minimum Gasteiger partial charge on any atom is -0.376 e. The van der Waals surface area contributed by atoms with E-state index in [0.717, 1.165) is 29.9 Å².